The number of aliphatic imine (C=N–C) groups is 1. The highest BCUT2D eigenvalue weighted by Crippen LogP contribution is 2.29. The van der Waals surface area contributed by atoms with Crippen LogP contribution in [0.5, 0.6) is 0 Å². The van der Waals surface area contributed by atoms with Gasteiger partial charge >= 0.3 is 0 Å². The van der Waals surface area contributed by atoms with E-state index in [9.17, 15) is 4.79 Å². The maximum atomic E-state index is 13.0. The first-order valence-electron chi connectivity index (χ1n) is 12.1. The number of carbonyl (C=O) groups is 1. The second-order valence-electron chi connectivity index (χ2n) is 9.16. The number of rotatable bonds is 6. The summed E-state index contributed by atoms with van der Waals surface area (Å²) in [4.78, 5) is 26.8. The maximum Gasteiger partial charge on any atom is 0.258 e. The monoisotopic (exact) mass is 482 g/mol. The summed E-state index contributed by atoms with van der Waals surface area (Å²) in [6.07, 6.45) is 7.90. The molecule has 1 aliphatic rings. The van der Waals surface area contributed by atoms with Crippen molar-refractivity contribution in [1.82, 2.24) is 14.5 Å². The molecule has 9 heteroatoms. The number of anilines is 2. The summed E-state index contributed by atoms with van der Waals surface area (Å²) in [6, 6.07) is 17.3. The molecule has 0 bridgehead atoms. The SMILES string of the molecule is Cc1ccc2nc(NC(=O)c3ccc(-n4cccc4)cc3)nc(NC3CCCCC3N=C(N)N)c2c1. The molecule has 2 unspecified atom stereocenters. The van der Waals surface area contributed by atoms with Crippen LogP contribution in [-0.4, -0.2) is 38.5 Å². The summed E-state index contributed by atoms with van der Waals surface area (Å²) in [6.45, 7) is 2.03. The fourth-order valence-electron chi connectivity index (χ4n) is 4.67. The number of nitrogens with zero attached hydrogens (tertiary/aromatic N) is 4. The predicted molar refractivity (Wildman–Crippen MR) is 143 cm³/mol. The van der Waals surface area contributed by atoms with E-state index in [0.717, 1.165) is 47.8 Å². The van der Waals surface area contributed by atoms with Crippen molar-refractivity contribution in [3.63, 3.8) is 0 Å². The number of benzene rings is 2. The Kier molecular flexibility index (Phi) is 6.53. The molecule has 0 saturated heterocycles. The average Bonchev–Trinajstić information content (AvgIpc) is 3.40. The third kappa shape index (κ3) is 5.14. The van der Waals surface area contributed by atoms with Crippen molar-refractivity contribution in [2.75, 3.05) is 10.6 Å². The van der Waals surface area contributed by atoms with E-state index in [1.54, 1.807) is 12.1 Å². The molecule has 36 heavy (non-hydrogen) atoms. The summed E-state index contributed by atoms with van der Waals surface area (Å²) in [7, 11) is 0. The van der Waals surface area contributed by atoms with Crippen LogP contribution in [0.2, 0.25) is 0 Å². The van der Waals surface area contributed by atoms with Crippen molar-refractivity contribution in [2.24, 2.45) is 16.5 Å². The lowest BCUT2D eigenvalue weighted by Crippen LogP contribution is -2.38. The highest BCUT2D eigenvalue weighted by atomic mass is 16.1. The second-order valence-corrected chi connectivity index (χ2v) is 9.16. The summed E-state index contributed by atoms with van der Waals surface area (Å²) in [5, 5.41) is 7.31. The normalized spacial score (nSPS) is 17.5. The van der Waals surface area contributed by atoms with Gasteiger partial charge in [-0.3, -0.25) is 10.1 Å². The molecule has 2 heterocycles. The Bertz CT molecular complexity index is 1390. The Labute approximate surface area is 209 Å². The number of nitrogens with two attached hydrogens (primary N) is 2. The second kappa shape index (κ2) is 10.1. The molecular formula is C27H30N8O. The topological polar surface area (TPSA) is 136 Å². The first kappa shape index (κ1) is 23.3. The summed E-state index contributed by atoms with van der Waals surface area (Å²) >= 11 is 0. The molecule has 9 nitrogen and oxygen atoms in total. The van der Waals surface area contributed by atoms with E-state index >= 15 is 0 Å². The number of amides is 1. The van der Waals surface area contributed by atoms with Gasteiger partial charge in [-0.25, -0.2) is 9.98 Å². The maximum absolute atomic E-state index is 13.0. The molecule has 2 aromatic carbocycles. The molecule has 0 aliphatic heterocycles. The summed E-state index contributed by atoms with van der Waals surface area (Å²) in [5.74, 6) is 0.711. The van der Waals surface area contributed by atoms with Gasteiger partial charge in [0.1, 0.15) is 5.82 Å². The third-order valence-corrected chi connectivity index (χ3v) is 6.48. The molecule has 184 valence electrons. The first-order valence-corrected chi connectivity index (χ1v) is 12.1. The molecule has 1 amide bonds. The zero-order valence-electron chi connectivity index (χ0n) is 20.2. The molecule has 6 N–H and O–H groups in total. The van der Waals surface area contributed by atoms with Crippen LogP contribution in [-0.2, 0) is 0 Å². The zero-order chi connectivity index (χ0) is 25.1. The largest absolute Gasteiger partial charge is 0.370 e. The van der Waals surface area contributed by atoms with Gasteiger partial charge in [0.25, 0.3) is 5.91 Å². The highest BCUT2D eigenvalue weighted by Gasteiger charge is 2.26. The fourth-order valence-corrected chi connectivity index (χ4v) is 4.67. The molecule has 4 aromatic rings. The van der Waals surface area contributed by atoms with Gasteiger partial charge in [-0.15, -0.1) is 0 Å². The average molecular weight is 483 g/mol. The van der Waals surface area contributed by atoms with Gasteiger partial charge in [0.15, 0.2) is 5.96 Å². The van der Waals surface area contributed by atoms with Gasteiger partial charge in [-0.1, -0.05) is 24.5 Å². The van der Waals surface area contributed by atoms with E-state index in [2.05, 4.69) is 20.6 Å². The van der Waals surface area contributed by atoms with E-state index in [1.807, 2.05) is 66.3 Å². The molecule has 2 aromatic heterocycles. The lowest BCUT2D eigenvalue weighted by atomic mass is 9.90. The third-order valence-electron chi connectivity index (χ3n) is 6.48. The molecule has 2 atom stereocenters. The predicted octanol–water partition coefficient (Wildman–Crippen LogP) is 3.98. The number of aromatic nitrogens is 3. The van der Waals surface area contributed by atoms with Crippen molar-refractivity contribution < 1.29 is 4.79 Å². The van der Waals surface area contributed by atoms with Crippen molar-refractivity contribution in [3.05, 3.63) is 78.1 Å². The van der Waals surface area contributed by atoms with E-state index in [4.69, 9.17) is 16.5 Å². The molecule has 1 fully saturated rings. The Morgan fingerprint density at radius 3 is 2.53 bits per heavy atom. The van der Waals surface area contributed by atoms with E-state index in [-0.39, 0.29) is 29.9 Å². The van der Waals surface area contributed by atoms with Gasteiger partial charge in [0.05, 0.1) is 17.6 Å². The zero-order valence-corrected chi connectivity index (χ0v) is 20.2. The van der Waals surface area contributed by atoms with E-state index < -0.39 is 0 Å². The minimum atomic E-state index is -0.275. The van der Waals surface area contributed by atoms with Crippen LogP contribution >= 0.6 is 0 Å². The van der Waals surface area contributed by atoms with Crippen LogP contribution in [0.25, 0.3) is 16.6 Å². The molecular weight excluding hydrogens is 452 g/mol. The number of fused-ring (bicyclic) bond motifs is 1. The molecule has 1 aliphatic carbocycles. The van der Waals surface area contributed by atoms with Gasteiger partial charge in [0.2, 0.25) is 5.95 Å². The molecule has 1 saturated carbocycles. The van der Waals surface area contributed by atoms with Crippen LogP contribution in [0, 0.1) is 6.92 Å². The standard InChI is InChI=1S/C27H30N8O/c1-17-8-13-21-20(16-17)24(30-22-6-2-3-7-23(22)31-26(28)29)33-27(32-21)34-25(36)18-9-11-19(12-10-18)35-14-4-5-15-35/h4-5,8-16,22-23H,2-3,6-7H2,1H3,(H4,28,29,31)(H2,30,32,33,34,36). The number of guanidine groups is 1. The van der Waals surface area contributed by atoms with E-state index in [1.165, 1.54) is 0 Å². The van der Waals surface area contributed by atoms with Crippen molar-refractivity contribution in [2.45, 2.75) is 44.7 Å². The highest BCUT2D eigenvalue weighted by molar-refractivity contribution is 6.04. The minimum Gasteiger partial charge on any atom is -0.370 e. The Morgan fingerprint density at radius 1 is 1.03 bits per heavy atom. The lowest BCUT2D eigenvalue weighted by molar-refractivity contribution is 0.102. The molecule has 0 spiro atoms. The lowest BCUT2D eigenvalue weighted by Gasteiger charge is -2.30. The molecule has 0 radical (unpaired) electrons. The number of carbonyl (C=O) groups excluding carboxylic acids is 1. The molecule has 5 rings (SSSR count). The number of hydrogen-bond acceptors (Lipinski definition) is 5. The van der Waals surface area contributed by atoms with Crippen LogP contribution in [0.1, 0.15) is 41.6 Å². The van der Waals surface area contributed by atoms with Crippen LogP contribution in [0.3, 0.4) is 0 Å². The summed E-state index contributed by atoms with van der Waals surface area (Å²) in [5.41, 5.74) is 14.7. The Morgan fingerprint density at radius 2 is 1.78 bits per heavy atom. The quantitative estimate of drug-likeness (QED) is 0.242. The van der Waals surface area contributed by atoms with Gasteiger partial charge in [-0.2, -0.15) is 4.98 Å². The Hall–Kier alpha value is -4.40. The summed E-state index contributed by atoms with van der Waals surface area (Å²) < 4.78 is 1.98. The van der Waals surface area contributed by atoms with Gasteiger partial charge in [0, 0.05) is 29.0 Å². The number of hydrogen-bond donors (Lipinski definition) is 4. The first-order chi connectivity index (χ1) is 17.5. The smallest absolute Gasteiger partial charge is 0.258 e. The fraction of sp³-hybridized carbons (Fsp3) is 0.259. The number of aryl methyl sites for hydroxylation is 1. The Balaban J connectivity index is 1.42. The number of nitrogens with one attached hydrogen (secondary N) is 2. The van der Waals surface area contributed by atoms with Crippen LogP contribution in [0.4, 0.5) is 11.8 Å². The van der Waals surface area contributed by atoms with Crippen molar-refractivity contribution >= 4 is 34.5 Å². The van der Waals surface area contributed by atoms with Crippen molar-refractivity contribution in [3.8, 4) is 5.69 Å². The minimum absolute atomic E-state index is 0.0317. The van der Waals surface area contributed by atoms with E-state index in [0.29, 0.717) is 11.4 Å². The van der Waals surface area contributed by atoms with Crippen LogP contribution in [0.15, 0.2) is 72.0 Å². The van der Waals surface area contributed by atoms with Gasteiger partial charge in [-0.05, 0) is 68.3 Å². The van der Waals surface area contributed by atoms with Gasteiger partial charge < -0.3 is 21.4 Å². The van der Waals surface area contributed by atoms with Crippen molar-refractivity contribution in [1.29, 1.82) is 0 Å². The van der Waals surface area contributed by atoms with Crippen LogP contribution < -0.4 is 22.1 Å².